The van der Waals surface area contributed by atoms with Crippen LogP contribution in [0.1, 0.15) is 49.3 Å². The minimum atomic E-state index is 0.678. The number of hydrogen-bond donors (Lipinski definition) is 0. The predicted molar refractivity (Wildman–Crippen MR) is 80.2 cm³/mol. The van der Waals surface area contributed by atoms with Crippen LogP contribution >= 0.6 is 0 Å². The molecule has 0 spiro atoms. The molecule has 1 saturated carbocycles. The SMILES string of the molecule is Cc1cnc(C2CCCCC2)cc1-c1ccccc1. The van der Waals surface area contributed by atoms with Crippen LogP contribution in [0.25, 0.3) is 11.1 Å². The van der Waals surface area contributed by atoms with Gasteiger partial charge < -0.3 is 0 Å². The van der Waals surface area contributed by atoms with E-state index >= 15 is 0 Å². The van der Waals surface area contributed by atoms with E-state index in [4.69, 9.17) is 0 Å². The van der Waals surface area contributed by atoms with E-state index in [1.807, 2.05) is 6.20 Å². The van der Waals surface area contributed by atoms with Crippen LogP contribution in [0.5, 0.6) is 0 Å². The monoisotopic (exact) mass is 251 g/mol. The van der Waals surface area contributed by atoms with Gasteiger partial charge >= 0.3 is 0 Å². The van der Waals surface area contributed by atoms with E-state index in [2.05, 4.69) is 48.3 Å². The molecule has 2 aromatic rings. The number of pyridine rings is 1. The fourth-order valence-electron chi connectivity index (χ4n) is 3.09. The van der Waals surface area contributed by atoms with Crippen molar-refractivity contribution in [2.45, 2.75) is 44.9 Å². The summed E-state index contributed by atoms with van der Waals surface area (Å²) >= 11 is 0. The first-order chi connectivity index (χ1) is 9.34. The Balaban J connectivity index is 1.96. The van der Waals surface area contributed by atoms with Crippen LogP contribution in [0.4, 0.5) is 0 Å². The van der Waals surface area contributed by atoms with Crippen molar-refractivity contribution in [1.29, 1.82) is 0 Å². The molecule has 0 atom stereocenters. The van der Waals surface area contributed by atoms with Crippen LogP contribution in [-0.4, -0.2) is 4.98 Å². The fraction of sp³-hybridized carbons (Fsp3) is 0.389. The second-order valence-corrected chi connectivity index (χ2v) is 5.63. The van der Waals surface area contributed by atoms with Crippen molar-refractivity contribution in [3.05, 3.63) is 53.9 Å². The van der Waals surface area contributed by atoms with E-state index in [0.29, 0.717) is 5.92 Å². The van der Waals surface area contributed by atoms with Crippen molar-refractivity contribution in [1.82, 2.24) is 4.98 Å². The molecule has 0 aliphatic heterocycles. The zero-order valence-electron chi connectivity index (χ0n) is 11.6. The number of hydrogen-bond acceptors (Lipinski definition) is 1. The van der Waals surface area contributed by atoms with Gasteiger partial charge in [-0.1, -0.05) is 49.6 Å². The molecular weight excluding hydrogens is 230 g/mol. The van der Waals surface area contributed by atoms with Crippen molar-refractivity contribution in [2.75, 3.05) is 0 Å². The number of aromatic nitrogens is 1. The van der Waals surface area contributed by atoms with Gasteiger partial charge in [-0.25, -0.2) is 0 Å². The highest BCUT2D eigenvalue weighted by Gasteiger charge is 2.17. The smallest absolute Gasteiger partial charge is 0.0440 e. The van der Waals surface area contributed by atoms with Crippen molar-refractivity contribution in [3.63, 3.8) is 0 Å². The molecule has 1 fully saturated rings. The highest BCUT2D eigenvalue weighted by Crippen LogP contribution is 2.34. The molecule has 0 amide bonds. The molecule has 1 aliphatic rings. The van der Waals surface area contributed by atoms with Crippen LogP contribution in [0.3, 0.4) is 0 Å². The standard InChI is InChI=1S/C18H21N/c1-14-13-19-18(16-10-6-3-7-11-16)12-17(14)15-8-4-2-5-9-15/h2,4-5,8-9,12-13,16H,3,6-7,10-11H2,1H3. The summed E-state index contributed by atoms with van der Waals surface area (Å²) in [6.45, 7) is 2.15. The molecule has 3 rings (SSSR count). The summed E-state index contributed by atoms with van der Waals surface area (Å²) < 4.78 is 0. The van der Waals surface area contributed by atoms with E-state index in [1.165, 1.54) is 54.5 Å². The molecule has 1 heteroatoms. The highest BCUT2D eigenvalue weighted by molar-refractivity contribution is 5.67. The van der Waals surface area contributed by atoms with Gasteiger partial charge in [0.25, 0.3) is 0 Å². The molecule has 0 unspecified atom stereocenters. The Kier molecular flexibility index (Phi) is 3.63. The molecule has 1 aromatic carbocycles. The first-order valence-electron chi connectivity index (χ1n) is 7.36. The minimum Gasteiger partial charge on any atom is -0.261 e. The first kappa shape index (κ1) is 12.4. The maximum Gasteiger partial charge on any atom is 0.0440 e. The van der Waals surface area contributed by atoms with Gasteiger partial charge in [-0.2, -0.15) is 0 Å². The largest absolute Gasteiger partial charge is 0.261 e. The van der Waals surface area contributed by atoms with Gasteiger partial charge in [0.2, 0.25) is 0 Å². The second kappa shape index (κ2) is 5.56. The summed E-state index contributed by atoms with van der Waals surface area (Å²) in [6.07, 6.45) is 8.79. The second-order valence-electron chi connectivity index (χ2n) is 5.63. The highest BCUT2D eigenvalue weighted by atomic mass is 14.7. The zero-order chi connectivity index (χ0) is 13.1. The van der Waals surface area contributed by atoms with E-state index in [0.717, 1.165) is 0 Å². The summed E-state index contributed by atoms with van der Waals surface area (Å²) in [4.78, 5) is 4.69. The van der Waals surface area contributed by atoms with Crippen LogP contribution in [-0.2, 0) is 0 Å². The van der Waals surface area contributed by atoms with E-state index in [9.17, 15) is 0 Å². The van der Waals surface area contributed by atoms with Gasteiger partial charge in [-0.3, -0.25) is 4.98 Å². The lowest BCUT2D eigenvalue weighted by molar-refractivity contribution is 0.437. The number of benzene rings is 1. The van der Waals surface area contributed by atoms with Crippen LogP contribution in [0.2, 0.25) is 0 Å². The lowest BCUT2D eigenvalue weighted by Gasteiger charge is -2.22. The Labute approximate surface area is 115 Å². The molecule has 1 aliphatic carbocycles. The Hall–Kier alpha value is -1.63. The molecule has 0 bridgehead atoms. The Morgan fingerprint density at radius 3 is 2.47 bits per heavy atom. The predicted octanol–water partition coefficient (Wildman–Crippen LogP) is 5.10. The normalized spacial score (nSPS) is 16.5. The molecule has 98 valence electrons. The summed E-state index contributed by atoms with van der Waals surface area (Å²) in [6, 6.07) is 13.0. The third kappa shape index (κ3) is 2.70. The molecule has 19 heavy (non-hydrogen) atoms. The van der Waals surface area contributed by atoms with E-state index < -0.39 is 0 Å². The van der Waals surface area contributed by atoms with E-state index in [1.54, 1.807) is 0 Å². The summed E-state index contributed by atoms with van der Waals surface area (Å²) in [7, 11) is 0. The number of aryl methyl sites for hydroxylation is 1. The quantitative estimate of drug-likeness (QED) is 0.723. The van der Waals surface area contributed by atoms with Gasteiger partial charge in [-0.05, 0) is 42.5 Å². The van der Waals surface area contributed by atoms with Crippen molar-refractivity contribution < 1.29 is 0 Å². The van der Waals surface area contributed by atoms with Crippen LogP contribution in [0.15, 0.2) is 42.6 Å². The third-order valence-corrected chi connectivity index (χ3v) is 4.23. The maximum absolute atomic E-state index is 4.69. The Morgan fingerprint density at radius 2 is 1.74 bits per heavy atom. The number of rotatable bonds is 2. The summed E-state index contributed by atoms with van der Waals surface area (Å²) in [5.74, 6) is 0.678. The van der Waals surface area contributed by atoms with Crippen LogP contribution < -0.4 is 0 Å². The van der Waals surface area contributed by atoms with Gasteiger partial charge in [-0.15, -0.1) is 0 Å². The number of nitrogens with zero attached hydrogens (tertiary/aromatic N) is 1. The van der Waals surface area contributed by atoms with Crippen molar-refractivity contribution in [3.8, 4) is 11.1 Å². The maximum atomic E-state index is 4.69. The summed E-state index contributed by atoms with van der Waals surface area (Å²) in [5, 5.41) is 0. The lowest BCUT2D eigenvalue weighted by atomic mass is 9.85. The van der Waals surface area contributed by atoms with Gasteiger partial charge in [0.1, 0.15) is 0 Å². The molecule has 1 nitrogen and oxygen atoms in total. The Bertz CT molecular complexity index is 539. The Morgan fingerprint density at radius 1 is 1.00 bits per heavy atom. The molecule has 0 radical (unpaired) electrons. The molecular formula is C18H21N. The first-order valence-corrected chi connectivity index (χ1v) is 7.36. The minimum absolute atomic E-state index is 0.678. The van der Waals surface area contributed by atoms with E-state index in [-0.39, 0.29) is 0 Å². The van der Waals surface area contributed by atoms with Crippen molar-refractivity contribution in [2.24, 2.45) is 0 Å². The fourth-order valence-corrected chi connectivity index (χ4v) is 3.09. The van der Waals surface area contributed by atoms with Gasteiger partial charge in [0.05, 0.1) is 0 Å². The average molecular weight is 251 g/mol. The molecule has 0 N–H and O–H groups in total. The molecule has 1 aromatic heterocycles. The van der Waals surface area contributed by atoms with Gasteiger partial charge in [0.15, 0.2) is 0 Å². The van der Waals surface area contributed by atoms with Crippen molar-refractivity contribution >= 4 is 0 Å². The zero-order valence-corrected chi connectivity index (χ0v) is 11.6. The average Bonchev–Trinajstić information content (AvgIpc) is 2.49. The summed E-state index contributed by atoms with van der Waals surface area (Å²) in [5.41, 5.74) is 5.21. The lowest BCUT2D eigenvalue weighted by Crippen LogP contribution is -2.07. The molecule has 1 heterocycles. The topological polar surface area (TPSA) is 12.9 Å². The third-order valence-electron chi connectivity index (χ3n) is 4.23. The van der Waals surface area contributed by atoms with Gasteiger partial charge in [0, 0.05) is 17.8 Å². The molecule has 0 saturated heterocycles. The van der Waals surface area contributed by atoms with Crippen LogP contribution in [0, 0.1) is 6.92 Å².